The highest BCUT2D eigenvalue weighted by molar-refractivity contribution is 9.09. The van der Waals surface area contributed by atoms with Gasteiger partial charge in [0.2, 0.25) is 0 Å². The average molecular weight is 370 g/mol. The predicted molar refractivity (Wildman–Crippen MR) is 89.2 cm³/mol. The number of halogens is 2. The van der Waals surface area contributed by atoms with Gasteiger partial charge in [0.1, 0.15) is 0 Å². The van der Waals surface area contributed by atoms with E-state index in [0.717, 1.165) is 33.8 Å². The Kier molecular flexibility index (Phi) is 4.44. The molecule has 2 nitrogen and oxygen atoms in total. The van der Waals surface area contributed by atoms with Gasteiger partial charge >= 0.3 is 0 Å². The Labute approximate surface area is 135 Å². The first-order chi connectivity index (χ1) is 9.74. The van der Waals surface area contributed by atoms with Gasteiger partial charge in [-0.25, -0.2) is 4.98 Å². The highest BCUT2D eigenvalue weighted by Gasteiger charge is 2.12. The van der Waals surface area contributed by atoms with Crippen LogP contribution in [0.4, 0.5) is 0 Å². The van der Waals surface area contributed by atoms with Crippen molar-refractivity contribution >= 4 is 43.8 Å². The normalized spacial score (nSPS) is 12.9. The molecule has 0 fully saturated rings. The van der Waals surface area contributed by atoms with Crippen LogP contribution in [0.3, 0.4) is 0 Å². The number of alkyl halides is 1. The molecule has 0 radical (unpaired) electrons. The number of benzene rings is 1. The van der Waals surface area contributed by atoms with E-state index < -0.39 is 0 Å². The number of imidazole rings is 1. The minimum atomic E-state index is 0.526. The van der Waals surface area contributed by atoms with Crippen molar-refractivity contribution < 1.29 is 0 Å². The molecular weight excluding hydrogens is 356 g/mol. The SMILES string of the molecule is Clc1cccc(CC(CBr)Cc2cn3ccsc3n2)c1. The fourth-order valence-electron chi connectivity index (χ4n) is 2.35. The van der Waals surface area contributed by atoms with Crippen molar-refractivity contribution in [2.75, 3.05) is 5.33 Å². The quantitative estimate of drug-likeness (QED) is 0.588. The van der Waals surface area contributed by atoms with E-state index in [4.69, 9.17) is 11.6 Å². The van der Waals surface area contributed by atoms with Gasteiger partial charge in [0.05, 0.1) is 5.69 Å². The molecule has 1 unspecified atom stereocenters. The van der Waals surface area contributed by atoms with E-state index in [1.807, 2.05) is 18.2 Å². The lowest BCUT2D eigenvalue weighted by molar-refractivity contribution is 0.584. The third kappa shape index (κ3) is 3.25. The summed E-state index contributed by atoms with van der Waals surface area (Å²) in [7, 11) is 0. The van der Waals surface area contributed by atoms with Crippen molar-refractivity contribution in [1.29, 1.82) is 0 Å². The Hall–Kier alpha value is -0.840. The van der Waals surface area contributed by atoms with Crippen molar-refractivity contribution in [2.24, 2.45) is 5.92 Å². The second-order valence-electron chi connectivity index (χ2n) is 4.88. The van der Waals surface area contributed by atoms with Gasteiger partial charge in [-0.15, -0.1) is 11.3 Å². The fourth-order valence-corrected chi connectivity index (χ4v) is 3.74. The Morgan fingerprint density at radius 3 is 3.00 bits per heavy atom. The van der Waals surface area contributed by atoms with Crippen LogP contribution in [0.1, 0.15) is 11.3 Å². The molecule has 0 bridgehead atoms. The molecule has 20 heavy (non-hydrogen) atoms. The maximum Gasteiger partial charge on any atom is 0.193 e. The number of aromatic nitrogens is 2. The molecule has 0 N–H and O–H groups in total. The monoisotopic (exact) mass is 368 g/mol. The van der Waals surface area contributed by atoms with Gasteiger partial charge in [-0.1, -0.05) is 39.7 Å². The van der Waals surface area contributed by atoms with Gasteiger partial charge in [0, 0.05) is 28.1 Å². The number of nitrogens with zero attached hydrogens (tertiary/aromatic N) is 2. The molecule has 1 atom stereocenters. The van der Waals surface area contributed by atoms with E-state index in [9.17, 15) is 0 Å². The predicted octanol–water partition coefficient (Wildman–Crippen LogP) is 4.85. The van der Waals surface area contributed by atoms with Crippen molar-refractivity contribution in [1.82, 2.24) is 9.38 Å². The summed E-state index contributed by atoms with van der Waals surface area (Å²) < 4.78 is 2.09. The number of thiazole rings is 1. The molecule has 1 aromatic carbocycles. The van der Waals surface area contributed by atoms with Crippen molar-refractivity contribution in [3.63, 3.8) is 0 Å². The Bertz CT molecular complexity index is 678. The van der Waals surface area contributed by atoms with Crippen LogP contribution in [-0.4, -0.2) is 14.7 Å². The summed E-state index contributed by atoms with van der Waals surface area (Å²) in [6, 6.07) is 8.10. The van der Waals surface area contributed by atoms with E-state index >= 15 is 0 Å². The van der Waals surface area contributed by atoms with Crippen LogP contribution >= 0.6 is 38.9 Å². The molecule has 0 spiro atoms. The van der Waals surface area contributed by atoms with Gasteiger partial charge in [-0.3, -0.25) is 4.40 Å². The summed E-state index contributed by atoms with van der Waals surface area (Å²) in [5.74, 6) is 0.526. The minimum Gasteiger partial charge on any atom is -0.297 e. The Morgan fingerprint density at radius 2 is 2.25 bits per heavy atom. The number of fused-ring (bicyclic) bond motifs is 1. The third-order valence-corrected chi connectivity index (χ3v) is 5.19. The lowest BCUT2D eigenvalue weighted by Gasteiger charge is -2.12. The topological polar surface area (TPSA) is 17.3 Å². The summed E-state index contributed by atoms with van der Waals surface area (Å²) in [6.45, 7) is 0. The Balaban J connectivity index is 1.72. The van der Waals surface area contributed by atoms with E-state index in [-0.39, 0.29) is 0 Å². The minimum absolute atomic E-state index is 0.526. The molecule has 3 rings (SSSR count). The van der Waals surface area contributed by atoms with E-state index in [2.05, 4.69) is 49.2 Å². The smallest absolute Gasteiger partial charge is 0.193 e. The number of rotatable bonds is 5. The van der Waals surface area contributed by atoms with E-state index in [1.165, 1.54) is 5.56 Å². The summed E-state index contributed by atoms with van der Waals surface area (Å²) in [4.78, 5) is 5.72. The Morgan fingerprint density at radius 1 is 1.35 bits per heavy atom. The second kappa shape index (κ2) is 6.29. The maximum atomic E-state index is 6.04. The molecule has 2 heterocycles. The van der Waals surface area contributed by atoms with Crippen LogP contribution in [0.15, 0.2) is 42.0 Å². The second-order valence-corrected chi connectivity index (χ2v) is 6.84. The van der Waals surface area contributed by atoms with E-state index in [0.29, 0.717) is 5.92 Å². The van der Waals surface area contributed by atoms with Crippen LogP contribution in [-0.2, 0) is 12.8 Å². The van der Waals surface area contributed by atoms with Gasteiger partial charge in [-0.2, -0.15) is 0 Å². The molecule has 0 saturated heterocycles. The van der Waals surface area contributed by atoms with Gasteiger partial charge in [-0.05, 0) is 36.5 Å². The molecule has 3 aromatic rings. The van der Waals surface area contributed by atoms with Crippen LogP contribution in [0.5, 0.6) is 0 Å². The molecule has 0 aliphatic heterocycles. The molecule has 2 aromatic heterocycles. The molecule has 0 aliphatic carbocycles. The van der Waals surface area contributed by atoms with Crippen LogP contribution in [0, 0.1) is 5.92 Å². The van der Waals surface area contributed by atoms with Crippen molar-refractivity contribution in [3.8, 4) is 0 Å². The first-order valence-electron chi connectivity index (χ1n) is 6.46. The van der Waals surface area contributed by atoms with Gasteiger partial charge in [0.25, 0.3) is 0 Å². The zero-order valence-electron chi connectivity index (χ0n) is 10.8. The highest BCUT2D eigenvalue weighted by Crippen LogP contribution is 2.20. The first kappa shape index (κ1) is 14.1. The van der Waals surface area contributed by atoms with E-state index in [1.54, 1.807) is 11.3 Å². The number of hydrogen-bond acceptors (Lipinski definition) is 2. The lowest BCUT2D eigenvalue weighted by Crippen LogP contribution is -2.10. The summed E-state index contributed by atoms with van der Waals surface area (Å²) in [6.07, 6.45) is 6.17. The lowest BCUT2D eigenvalue weighted by atomic mass is 9.97. The van der Waals surface area contributed by atoms with Crippen LogP contribution in [0.25, 0.3) is 4.96 Å². The number of hydrogen-bond donors (Lipinski definition) is 0. The fraction of sp³-hybridized carbons (Fsp3) is 0.267. The standard InChI is InChI=1S/C15H14BrClN2S/c16-9-12(6-11-2-1-3-13(17)7-11)8-14-10-19-4-5-20-15(19)18-14/h1-5,7,10,12H,6,8-9H2. The summed E-state index contributed by atoms with van der Waals surface area (Å²) in [5.41, 5.74) is 2.44. The average Bonchev–Trinajstić information content (AvgIpc) is 2.98. The molecule has 0 amide bonds. The van der Waals surface area contributed by atoms with Crippen molar-refractivity contribution in [3.05, 3.63) is 58.3 Å². The zero-order valence-corrected chi connectivity index (χ0v) is 14.0. The maximum absolute atomic E-state index is 6.04. The molecule has 5 heteroatoms. The molecule has 0 aliphatic rings. The van der Waals surface area contributed by atoms with Crippen LogP contribution in [0.2, 0.25) is 5.02 Å². The third-order valence-electron chi connectivity index (χ3n) is 3.27. The summed E-state index contributed by atoms with van der Waals surface area (Å²) >= 11 is 11.3. The zero-order chi connectivity index (χ0) is 13.9. The molecular formula is C15H14BrClN2S. The van der Waals surface area contributed by atoms with Crippen molar-refractivity contribution in [2.45, 2.75) is 12.8 Å². The summed E-state index contributed by atoms with van der Waals surface area (Å²) in [5, 5.41) is 3.82. The first-order valence-corrected chi connectivity index (χ1v) is 8.84. The molecule has 104 valence electrons. The highest BCUT2D eigenvalue weighted by atomic mass is 79.9. The van der Waals surface area contributed by atoms with Crippen LogP contribution < -0.4 is 0 Å². The molecule has 0 saturated carbocycles. The van der Waals surface area contributed by atoms with Gasteiger partial charge in [0.15, 0.2) is 4.96 Å². The largest absolute Gasteiger partial charge is 0.297 e. The van der Waals surface area contributed by atoms with Gasteiger partial charge < -0.3 is 0 Å².